The van der Waals surface area contributed by atoms with E-state index >= 15 is 0 Å². The average molecular weight is 224 g/mol. The molecule has 0 saturated heterocycles. The van der Waals surface area contributed by atoms with Gasteiger partial charge in [-0.3, -0.25) is 0 Å². The first kappa shape index (κ1) is 13.3. The summed E-state index contributed by atoms with van der Waals surface area (Å²) in [5, 5.41) is 0. The van der Waals surface area contributed by atoms with Crippen molar-refractivity contribution in [1.29, 1.82) is 0 Å². The van der Waals surface area contributed by atoms with Gasteiger partial charge in [-0.05, 0) is 0 Å². The molecule has 6 nitrogen and oxygen atoms in total. The third kappa shape index (κ3) is 5.14. The summed E-state index contributed by atoms with van der Waals surface area (Å²) in [5.41, 5.74) is 0. The minimum atomic E-state index is -4.68. The molecule has 0 amide bonds. The fraction of sp³-hybridized carbons (Fsp3) is 0.571. The van der Waals surface area contributed by atoms with Gasteiger partial charge in [0.05, 0.1) is 0 Å². The lowest BCUT2D eigenvalue weighted by Crippen LogP contribution is -2.32. The summed E-state index contributed by atoms with van der Waals surface area (Å²) in [6, 6.07) is 0. The Balaban J connectivity index is 4.55. The molecule has 0 rings (SSSR count). The second kappa shape index (κ2) is 4.70. The van der Waals surface area contributed by atoms with Gasteiger partial charge in [0.1, 0.15) is 0 Å². The third-order valence-electron chi connectivity index (χ3n) is 1.44. The Morgan fingerprint density at radius 1 is 1.64 bits per heavy atom. The first-order chi connectivity index (χ1) is 6.22. The predicted molar refractivity (Wildman–Crippen MR) is 48.1 cm³/mol. The molecule has 0 heterocycles. The van der Waals surface area contributed by atoms with Crippen molar-refractivity contribution < 1.29 is 28.4 Å². The van der Waals surface area contributed by atoms with Crippen molar-refractivity contribution in [2.45, 2.75) is 26.1 Å². The summed E-state index contributed by atoms with van der Waals surface area (Å²) >= 11 is 0. The number of ether oxygens (including phenoxy) is 1. The molecule has 1 atom stereocenters. The van der Waals surface area contributed by atoms with E-state index in [1.54, 1.807) is 6.92 Å². The maximum Gasteiger partial charge on any atom is 0.472 e. The zero-order chi connectivity index (χ0) is 11.4. The Morgan fingerprint density at radius 3 is 2.43 bits per heavy atom. The van der Waals surface area contributed by atoms with Crippen molar-refractivity contribution in [2.75, 3.05) is 0 Å². The molecule has 0 aliphatic rings. The van der Waals surface area contributed by atoms with E-state index < -0.39 is 19.6 Å². The maximum atomic E-state index is 10.8. The molecule has 0 aromatic rings. The minimum Gasteiger partial charge on any atom is -0.430 e. The monoisotopic (exact) mass is 224 g/mol. The van der Waals surface area contributed by atoms with Crippen LogP contribution in [0.3, 0.4) is 0 Å². The van der Waals surface area contributed by atoms with E-state index in [1.807, 2.05) is 0 Å². The lowest BCUT2D eigenvalue weighted by atomic mass is 10.2. The normalized spacial score (nSPS) is 15.7. The van der Waals surface area contributed by atoms with E-state index in [0.29, 0.717) is 0 Å². The Kier molecular flexibility index (Phi) is 4.48. The number of carbonyl (C=O) groups excluding carboxylic acids is 1. The van der Waals surface area contributed by atoms with Crippen LogP contribution in [0.5, 0.6) is 0 Å². The van der Waals surface area contributed by atoms with Crippen LogP contribution in [0.15, 0.2) is 12.7 Å². The van der Waals surface area contributed by atoms with Crippen molar-refractivity contribution >= 4 is 13.8 Å². The summed E-state index contributed by atoms with van der Waals surface area (Å²) in [4.78, 5) is 27.9. The Bertz CT molecular complexity index is 269. The maximum absolute atomic E-state index is 10.8. The van der Waals surface area contributed by atoms with E-state index in [1.165, 1.54) is 6.92 Å². The molecule has 14 heavy (non-hydrogen) atoms. The quantitative estimate of drug-likeness (QED) is 0.312. The summed E-state index contributed by atoms with van der Waals surface area (Å²) < 4.78 is 19.5. The zero-order valence-electron chi connectivity index (χ0n) is 7.97. The lowest BCUT2D eigenvalue weighted by Gasteiger charge is -2.27. The molecule has 2 N–H and O–H groups in total. The van der Waals surface area contributed by atoms with Crippen LogP contribution in [0.4, 0.5) is 0 Å². The summed E-state index contributed by atoms with van der Waals surface area (Å²) in [7, 11) is -4.68. The van der Waals surface area contributed by atoms with Crippen molar-refractivity contribution in [1.82, 2.24) is 0 Å². The highest BCUT2D eigenvalue weighted by molar-refractivity contribution is 7.46. The molecule has 0 bridgehead atoms. The first-order valence-corrected chi connectivity index (χ1v) is 5.37. The fourth-order valence-corrected chi connectivity index (χ4v) is 1.33. The van der Waals surface area contributed by atoms with Gasteiger partial charge in [0.25, 0.3) is 0 Å². The molecule has 0 radical (unpaired) electrons. The van der Waals surface area contributed by atoms with Crippen molar-refractivity contribution in [3.05, 3.63) is 12.7 Å². The largest absolute Gasteiger partial charge is 0.472 e. The number of hydrogen-bond donors (Lipinski definition) is 2. The summed E-state index contributed by atoms with van der Waals surface area (Å²) in [6.07, 6.45) is 0.995. The number of esters is 1. The van der Waals surface area contributed by atoms with Gasteiger partial charge >= 0.3 is 13.8 Å². The van der Waals surface area contributed by atoms with E-state index in [4.69, 9.17) is 9.79 Å². The Hall–Kier alpha value is -0.680. The molecule has 0 fully saturated rings. The minimum absolute atomic E-state index is 0.109. The molecule has 1 unspecified atom stereocenters. The van der Waals surface area contributed by atoms with E-state index in [-0.39, 0.29) is 6.42 Å². The Labute approximate surface area is 81.8 Å². The van der Waals surface area contributed by atoms with E-state index in [9.17, 15) is 9.36 Å². The van der Waals surface area contributed by atoms with Gasteiger partial charge in [0.15, 0.2) is 0 Å². The second-order valence-corrected chi connectivity index (χ2v) is 3.86. The lowest BCUT2D eigenvalue weighted by molar-refractivity contribution is -0.191. The van der Waals surface area contributed by atoms with Crippen molar-refractivity contribution in [3.63, 3.8) is 0 Å². The molecule has 82 valence electrons. The molecule has 0 aliphatic heterocycles. The van der Waals surface area contributed by atoms with Crippen LogP contribution < -0.4 is 0 Å². The topological polar surface area (TPSA) is 93.1 Å². The predicted octanol–water partition coefficient (Wildman–Crippen LogP) is 0.951. The molecule has 0 aliphatic carbocycles. The van der Waals surface area contributed by atoms with Crippen LogP contribution in [0.1, 0.15) is 20.3 Å². The molecule has 0 spiro atoms. The van der Waals surface area contributed by atoms with Crippen LogP contribution in [-0.4, -0.2) is 21.5 Å². The van der Waals surface area contributed by atoms with Crippen molar-refractivity contribution in [3.8, 4) is 0 Å². The Morgan fingerprint density at radius 2 is 2.14 bits per heavy atom. The van der Waals surface area contributed by atoms with Gasteiger partial charge in [-0.15, -0.1) is 0 Å². The zero-order valence-corrected chi connectivity index (χ0v) is 8.86. The van der Waals surface area contributed by atoms with E-state index in [2.05, 4.69) is 15.8 Å². The van der Waals surface area contributed by atoms with Gasteiger partial charge in [-0.2, -0.15) is 0 Å². The highest BCUT2D eigenvalue weighted by atomic mass is 31.2. The highest BCUT2D eigenvalue weighted by Crippen LogP contribution is 2.42. The molecular formula is C7H13O6P. The van der Waals surface area contributed by atoms with Crippen LogP contribution in [0.2, 0.25) is 0 Å². The van der Waals surface area contributed by atoms with Gasteiger partial charge in [0.2, 0.25) is 5.79 Å². The SMILES string of the molecule is C=CC(=O)OC(C)(CC)OP(=O)(O)O. The molecular weight excluding hydrogens is 211 g/mol. The number of phosphoric ester groups is 1. The molecule has 0 aromatic heterocycles. The second-order valence-electron chi connectivity index (χ2n) is 2.69. The standard InChI is InChI=1S/C7H13O6P/c1-4-6(8)12-7(3,5-2)13-14(9,10)11/h4H,1,5H2,2-3H3,(H2,9,10,11). The summed E-state index contributed by atoms with van der Waals surface area (Å²) in [5.74, 6) is -2.44. The smallest absolute Gasteiger partial charge is 0.430 e. The number of carbonyl (C=O) groups is 1. The number of hydrogen-bond acceptors (Lipinski definition) is 4. The third-order valence-corrected chi connectivity index (χ3v) is 2.06. The van der Waals surface area contributed by atoms with Gasteiger partial charge in [-0.25, -0.2) is 13.9 Å². The highest BCUT2D eigenvalue weighted by Gasteiger charge is 2.35. The fourth-order valence-electron chi connectivity index (χ4n) is 0.661. The number of rotatable bonds is 5. The number of phosphoric acid groups is 1. The van der Waals surface area contributed by atoms with Crippen LogP contribution in [0, 0.1) is 0 Å². The molecule has 0 saturated carbocycles. The first-order valence-electron chi connectivity index (χ1n) is 3.84. The van der Waals surface area contributed by atoms with Crippen LogP contribution >= 0.6 is 7.82 Å². The molecule has 7 heteroatoms. The van der Waals surface area contributed by atoms with Crippen LogP contribution in [0.25, 0.3) is 0 Å². The van der Waals surface area contributed by atoms with E-state index in [0.717, 1.165) is 6.08 Å². The summed E-state index contributed by atoms with van der Waals surface area (Å²) in [6.45, 7) is 5.97. The van der Waals surface area contributed by atoms with Gasteiger partial charge in [0, 0.05) is 19.4 Å². The van der Waals surface area contributed by atoms with Gasteiger partial charge < -0.3 is 14.5 Å². The van der Waals surface area contributed by atoms with Crippen LogP contribution in [-0.2, 0) is 18.6 Å². The van der Waals surface area contributed by atoms with Gasteiger partial charge in [-0.1, -0.05) is 13.5 Å². The van der Waals surface area contributed by atoms with Crippen molar-refractivity contribution in [2.24, 2.45) is 0 Å². The average Bonchev–Trinajstić information content (AvgIpc) is 2.00. The molecule has 0 aromatic carbocycles.